The maximum absolute atomic E-state index is 5.56. The maximum Gasteiger partial charge on any atom is 0.256 e. The molecule has 0 saturated carbocycles. The van der Waals surface area contributed by atoms with Gasteiger partial charge in [-0.25, -0.2) is 0 Å². The second-order valence-corrected chi connectivity index (χ2v) is 5.39. The Kier molecular flexibility index (Phi) is 4.64. The van der Waals surface area contributed by atoms with Crippen molar-refractivity contribution in [2.75, 3.05) is 0 Å². The summed E-state index contributed by atoms with van der Waals surface area (Å²) in [6, 6.07) is 0. The van der Waals surface area contributed by atoms with Crippen LogP contribution in [0.3, 0.4) is 0 Å². The van der Waals surface area contributed by atoms with E-state index in [9.17, 15) is 0 Å². The third-order valence-electron chi connectivity index (χ3n) is 1.00. The number of alkyl halides is 3. The zero-order chi connectivity index (χ0) is 11.6. The SMILES string of the molecule is Cl/C(=N\c1nc(Cl)nc(Cl)n1)C(Cl)(Cl)Cl. The van der Waals surface area contributed by atoms with E-state index in [2.05, 4.69) is 19.9 Å². The molecule has 0 aliphatic rings. The average Bonchev–Trinajstić information content (AvgIpc) is 1.99. The molecule has 0 N–H and O–H groups in total. The third-order valence-corrected chi connectivity index (χ3v) is 2.53. The summed E-state index contributed by atoms with van der Waals surface area (Å²) in [6.07, 6.45) is 0. The van der Waals surface area contributed by atoms with Crippen molar-refractivity contribution >= 4 is 80.7 Å². The van der Waals surface area contributed by atoms with E-state index in [1.54, 1.807) is 0 Å². The van der Waals surface area contributed by atoms with Crippen molar-refractivity contribution in [3.05, 3.63) is 10.6 Å². The van der Waals surface area contributed by atoms with Crippen LogP contribution in [0.5, 0.6) is 0 Å². The molecule has 0 saturated heterocycles. The van der Waals surface area contributed by atoms with E-state index >= 15 is 0 Å². The monoisotopic (exact) mass is 326 g/mol. The normalized spacial score (nSPS) is 13.1. The van der Waals surface area contributed by atoms with Crippen molar-refractivity contribution in [3.63, 3.8) is 0 Å². The molecule has 0 radical (unpaired) electrons. The van der Waals surface area contributed by atoms with E-state index in [0.717, 1.165) is 0 Å². The van der Waals surface area contributed by atoms with Crippen molar-refractivity contribution in [3.8, 4) is 0 Å². The zero-order valence-corrected chi connectivity index (χ0v) is 11.1. The minimum atomic E-state index is -1.85. The summed E-state index contributed by atoms with van der Waals surface area (Å²) in [5.41, 5.74) is 0. The summed E-state index contributed by atoms with van der Waals surface area (Å²) >= 11 is 32.9. The molecule has 4 nitrogen and oxygen atoms in total. The van der Waals surface area contributed by atoms with Crippen LogP contribution in [0.25, 0.3) is 0 Å². The van der Waals surface area contributed by atoms with Crippen molar-refractivity contribution in [1.82, 2.24) is 15.0 Å². The standard InChI is InChI=1S/C5Cl6N4/c6-1(5(9,10)11)12-4-14-2(7)13-3(8)15-4/b12-1-. The molecular weight excluding hydrogens is 329 g/mol. The molecule has 1 rings (SSSR count). The van der Waals surface area contributed by atoms with Gasteiger partial charge in [-0.05, 0) is 23.2 Å². The number of aromatic nitrogens is 3. The molecule has 0 fully saturated rings. The lowest BCUT2D eigenvalue weighted by molar-refractivity contribution is 1.04. The zero-order valence-electron chi connectivity index (χ0n) is 6.56. The van der Waals surface area contributed by atoms with Gasteiger partial charge < -0.3 is 0 Å². The van der Waals surface area contributed by atoms with Gasteiger partial charge in [0.2, 0.25) is 14.4 Å². The Hall–Kier alpha value is 0.420. The topological polar surface area (TPSA) is 51.0 Å². The van der Waals surface area contributed by atoms with Gasteiger partial charge in [-0.15, -0.1) is 0 Å². The highest BCUT2D eigenvalue weighted by atomic mass is 35.6. The number of rotatable bonds is 1. The molecule has 82 valence electrons. The lowest BCUT2D eigenvalue weighted by atomic mass is 10.8. The Morgan fingerprint density at radius 2 is 1.47 bits per heavy atom. The molecule has 1 aromatic rings. The number of aliphatic imine (C=N–C) groups is 1. The van der Waals surface area contributed by atoms with Gasteiger partial charge in [0.1, 0.15) is 0 Å². The molecule has 0 bridgehead atoms. The van der Waals surface area contributed by atoms with Crippen LogP contribution in [0, 0.1) is 0 Å². The molecule has 0 spiro atoms. The van der Waals surface area contributed by atoms with Gasteiger partial charge in [-0.3, -0.25) is 0 Å². The fourth-order valence-electron chi connectivity index (χ4n) is 0.517. The van der Waals surface area contributed by atoms with Crippen LogP contribution in [-0.2, 0) is 0 Å². The highest BCUT2D eigenvalue weighted by Gasteiger charge is 2.26. The van der Waals surface area contributed by atoms with Gasteiger partial charge >= 0.3 is 0 Å². The molecule has 10 heteroatoms. The molecular formula is C5Cl6N4. The number of halogens is 6. The van der Waals surface area contributed by atoms with E-state index < -0.39 is 3.79 Å². The van der Waals surface area contributed by atoms with E-state index in [0.29, 0.717) is 0 Å². The average molecular weight is 329 g/mol. The first-order chi connectivity index (χ1) is 6.79. The van der Waals surface area contributed by atoms with Crippen LogP contribution in [-0.4, -0.2) is 23.9 Å². The van der Waals surface area contributed by atoms with E-state index in [4.69, 9.17) is 69.6 Å². The highest BCUT2D eigenvalue weighted by molar-refractivity contribution is 6.89. The fraction of sp³-hybridized carbons (Fsp3) is 0.200. The third kappa shape index (κ3) is 4.43. The smallest absolute Gasteiger partial charge is 0.199 e. The summed E-state index contributed by atoms with van der Waals surface area (Å²) in [7, 11) is 0. The molecule has 1 aromatic heterocycles. The summed E-state index contributed by atoms with van der Waals surface area (Å²) in [4.78, 5) is 14.3. The van der Waals surface area contributed by atoms with Crippen molar-refractivity contribution < 1.29 is 0 Å². The predicted octanol–water partition coefficient (Wildman–Crippen LogP) is 3.82. The molecule has 0 atom stereocenters. The number of hydrogen-bond donors (Lipinski definition) is 0. The summed E-state index contributed by atoms with van der Waals surface area (Å²) in [5, 5.41) is -0.601. The minimum absolute atomic E-state index is 0.137. The second kappa shape index (κ2) is 5.17. The van der Waals surface area contributed by atoms with Crippen LogP contribution in [0.15, 0.2) is 4.99 Å². The molecule has 0 aliphatic heterocycles. The van der Waals surface area contributed by atoms with Crippen LogP contribution in [0.4, 0.5) is 5.95 Å². The van der Waals surface area contributed by atoms with Gasteiger partial charge in [-0.2, -0.15) is 19.9 Å². The lowest BCUT2D eigenvalue weighted by Crippen LogP contribution is -2.12. The highest BCUT2D eigenvalue weighted by Crippen LogP contribution is 2.31. The van der Waals surface area contributed by atoms with Gasteiger partial charge in [0.05, 0.1) is 0 Å². The molecule has 0 amide bonds. The van der Waals surface area contributed by atoms with E-state index in [-0.39, 0.29) is 21.7 Å². The summed E-state index contributed by atoms with van der Waals surface area (Å²) < 4.78 is -1.85. The van der Waals surface area contributed by atoms with Gasteiger partial charge in [0.15, 0.2) is 5.17 Å². The first-order valence-corrected chi connectivity index (χ1v) is 5.44. The van der Waals surface area contributed by atoms with E-state index in [1.165, 1.54) is 0 Å². The Labute approximate surface area is 115 Å². The van der Waals surface area contributed by atoms with Crippen LogP contribution >= 0.6 is 69.6 Å². The molecule has 15 heavy (non-hydrogen) atoms. The molecule has 1 heterocycles. The van der Waals surface area contributed by atoms with Gasteiger partial charge in [0.25, 0.3) is 5.95 Å². The lowest BCUT2D eigenvalue weighted by Gasteiger charge is -2.06. The fourth-order valence-corrected chi connectivity index (χ4v) is 1.07. The van der Waals surface area contributed by atoms with Gasteiger partial charge in [-0.1, -0.05) is 46.4 Å². The van der Waals surface area contributed by atoms with Crippen LogP contribution in [0.2, 0.25) is 10.6 Å². The Bertz CT molecular complexity index is 379. The predicted molar refractivity (Wildman–Crippen MR) is 63.1 cm³/mol. The van der Waals surface area contributed by atoms with Crippen LogP contribution in [0.1, 0.15) is 0 Å². The minimum Gasteiger partial charge on any atom is -0.199 e. The Morgan fingerprint density at radius 3 is 1.87 bits per heavy atom. The molecule has 0 aliphatic carbocycles. The van der Waals surface area contributed by atoms with Crippen molar-refractivity contribution in [2.24, 2.45) is 4.99 Å². The second-order valence-electron chi connectivity index (χ2n) is 2.07. The molecule has 0 aromatic carbocycles. The summed E-state index contributed by atoms with van der Waals surface area (Å²) in [5.74, 6) is -0.142. The largest absolute Gasteiger partial charge is 0.256 e. The van der Waals surface area contributed by atoms with Gasteiger partial charge in [0, 0.05) is 0 Å². The first kappa shape index (κ1) is 13.5. The molecule has 0 unspecified atom stereocenters. The number of hydrogen-bond acceptors (Lipinski definition) is 4. The number of nitrogens with zero attached hydrogens (tertiary/aromatic N) is 4. The van der Waals surface area contributed by atoms with Crippen molar-refractivity contribution in [1.29, 1.82) is 0 Å². The maximum atomic E-state index is 5.56. The quantitative estimate of drug-likeness (QED) is 0.581. The Balaban J connectivity index is 3.08. The Morgan fingerprint density at radius 1 is 1.00 bits per heavy atom. The van der Waals surface area contributed by atoms with Crippen LogP contribution < -0.4 is 0 Å². The summed E-state index contributed by atoms with van der Waals surface area (Å²) in [6.45, 7) is 0. The first-order valence-electron chi connectivity index (χ1n) is 3.17. The van der Waals surface area contributed by atoms with Crippen molar-refractivity contribution in [2.45, 2.75) is 3.79 Å². The van der Waals surface area contributed by atoms with E-state index in [1.807, 2.05) is 0 Å².